The number of hydrogen-bond donors (Lipinski definition) is 0. The van der Waals surface area contributed by atoms with E-state index in [-0.39, 0.29) is 47.8 Å². The highest BCUT2D eigenvalue weighted by Gasteiger charge is 2.60. The highest BCUT2D eigenvalue weighted by Crippen LogP contribution is 2.51. The largest absolute Gasteiger partial charge is 0.458 e. The van der Waals surface area contributed by atoms with Crippen LogP contribution in [0.4, 0.5) is 0 Å². The van der Waals surface area contributed by atoms with E-state index in [0.29, 0.717) is 6.04 Å². The summed E-state index contributed by atoms with van der Waals surface area (Å²) in [6.45, 7) is 27.6. The number of ketones is 1. The zero-order chi connectivity index (χ0) is 40.1. The quantitative estimate of drug-likeness (QED) is 0.0749. The van der Waals surface area contributed by atoms with E-state index < -0.39 is 28.2 Å². The first-order chi connectivity index (χ1) is 25.5. The van der Waals surface area contributed by atoms with Crippen LogP contribution in [-0.4, -0.2) is 81.0 Å². The maximum atomic E-state index is 15.1. The fraction of sp³-hybridized carbons (Fsp3) is 0.837. The van der Waals surface area contributed by atoms with Crippen molar-refractivity contribution in [3.05, 3.63) is 16.6 Å². The number of esters is 1. The Morgan fingerprint density at radius 2 is 1.57 bits per heavy atom. The summed E-state index contributed by atoms with van der Waals surface area (Å²) in [5.41, 5.74) is 1.09. The van der Waals surface area contributed by atoms with Gasteiger partial charge in [0.25, 0.3) is 0 Å². The average molecular weight is 821 g/mol. The van der Waals surface area contributed by atoms with E-state index in [4.69, 9.17) is 18.6 Å². The van der Waals surface area contributed by atoms with Crippen LogP contribution in [0, 0.1) is 23.2 Å². The molecule has 0 aromatic carbocycles. The van der Waals surface area contributed by atoms with Crippen molar-refractivity contribution in [2.75, 3.05) is 12.8 Å². The monoisotopic (exact) mass is 820 g/mol. The van der Waals surface area contributed by atoms with Crippen LogP contribution < -0.4 is 0 Å². The molecule has 2 saturated heterocycles. The Bertz CT molecular complexity index is 1410. The second-order valence-electron chi connectivity index (χ2n) is 17.9. The molecule has 1 aromatic heterocycles. The van der Waals surface area contributed by atoms with Gasteiger partial charge in [0, 0.05) is 41.3 Å². The molecular weight excluding hydrogens is 745 g/mol. The summed E-state index contributed by atoms with van der Waals surface area (Å²) in [6.07, 6.45) is 9.69. The molecule has 8 atom stereocenters. The lowest BCUT2D eigenvalue weighted by Gasteiger charge is -2.44. The average Bonchev–Trinajstić information content (AvgIpc) is 4.02. The molecule has 2 aliphatic heterocycles. The van der Waals surface area contributed by atoms with E-state index in [1.54, 1.807) is 23.1 Å². The molecule has 1 aromatic rings. The Morgan fingerprint density at radius 3 is 2.11 bits per heavy atom. The fourth-order valence-electron chi connectivity index (χ4n) is 9.42. The Morgan fingerprint density at radius 1 is 0.981 bits per heavy atom. The van der Waals surface area contributed by atoms with Crippen LogP contribution in [0.1, 0.15) is 134 Å². The first-order valence-corrected chi connectivity index (χ1v) is 28.7. The molecule has 0 bridgehead atoms. The van der Waals surface area contributed by atoms with E-state index >= 15 is 4.79 Å². The van der Waals surface area contributed by atoms with Crippen molar-refractivity contribution in [1.82, 2.24) is 9.88 Å². The van der Waals surface area contributed by atoms with Crippen LogP contribution in [0.2, 0.25) is 36.3 Å². The number of carbonyl (C=O) groups is 2. The Hall–Kier alpha value is -0.826. The minimum atomic E-state index is -2.22. The number of Topliss-reactive ketones (excluding diaryl/α,β-unsaturated/α-hetero) is 1. The number of rotatable bonds is 15. The van der Waals surface area contributed by atoms with Gasteiger partial charge in [-0.25, -0.2) is 4.98 Å². The third-order valence-electron chi connectivity index (χ3n) is 14.4. The van der Waals surface area contributed by atoms with Crippen LogP contribution in [0.3, 0.4) is 0 Å². The Labute approximate surface area is 340 Å². The second kappa shape index (κ2) is 19.3. The molecule has 7 nitrogen and oxygen atoms in total. The molecule has 3 aliphatic rings. The number of aromatic nitrogens is 1. The molecule has 1 aliphatic carbocycles. The molecule has 4 rings (SSSR count). The first-order valence-electron chi connectivity index (χ1n) is 21.5. The fourth-order valence-corrected chi connectivity index (χ4v) is 16.6. The first kappa shape index (κ1) is 45.9. The topological polar surface area (TPSA) is 77.7 Å². The summed E-state index contributed by atoms with van der Waals surface area (Å²) in [5, 5.41) is 2.09. The highest BCUT2D eigenvalue weighted by atomic mass is 32.2. The summed E-state index contributed by atoms with van der Waals surface area (Å²) >= 11 is 3.30. The summed E-state index contributed by atoms with van der Waals surface area (Å²) in [6, 6.07) is 6.33. The summed E-state index contributed by atoms with van der Waals surface area (Å²) in [7, 11) is -4.25. The third kappa shape index (κ3) is 10.6. The van der Waals surface area contributed by atoms with E-state index in [1.807, 2.05) is 20.1 Å². The van der Waals surface area contributed by atoms with Gasteiger partial charge >= 0.3 is 5.97 Å². The van der Waals surface area contributed by atoms with Crippen molar-refractivity contribution in [1.29, 1.82) is 0 Å². The van der Waals surface area contributed by atoms with Crippen molar-refractivity contribution in [2.24, 2.45) is 23.2 Å². The maximum Gasteiger partial charge on any atom is 0.309 e. The molecule has 0 N–H and O–H groups in total. The van der Waals surface area contributed by atoms with Crippen LogP contribution in [-0.2, 0) is 23.2 Å². The van der Waals surface area contributed by atoms with E-state index in [9.17, 15) is 4.79 Å². The minimum Gasteiger partial charge on any atom is -0.458 e. The summed E-state index contributed by atoms with van der Waals surface area (Å²) in [4.78, 5) is 37.1. The molecule has 0 radical (unpaired) electrons. The summed E-state index contributed by atoms with van der Waals surface area (Å²) < 4.78 is 22.2. The van der Waals surface area contributed by atoms with Gasteiger partial charge in [-0.15, -0.1) is 11.3 Å². The number of hydrogen-bond acceptors (Lipinski definition) is 9. The number of ether oxygens (including phenoxy) is 1. The lowest BCUT2D eigenvalue weighted by Crippen LogP contribution is -2.53. The standard InChI is InChI=1S/C43H76N2O5S2Si2/c1-14-53(15-2,16-3)49-37-27-38(46)48-35(31(8)25-34-29-52-41(44-34)51-13)26-36-43(12,45(36)28-33-22-23-33)24-20-21-30(7)39(32(9)40(47)42(37,10)11)50-54(17-4,18-5)19-6/h25,29-30,32-33,35-37,39H,14-24,26-28H2,1-13H3/b31-25+/t30-,32+,35-,36-,37?,39?,43+,45?/m0/s1. The van der Waals surface area contributed by atoms with Crippen molar-refractivity contribution in [3.8, 4) is 0 Å². The van der Waals surface area contributed by atoms with E-state index in [2.05, 4.69) is 85.6 Å². The molecular formula is C43H76N2O5S2Si2. The number of thioether (sulfide) groups is 1. The third-order valence-corrected chi connectivity index (χ3v) is 25.5. The SMILES string of the molecule is CC[Si](CC)(CC)OC1[C@@H](C)CCC[C@]2(C)[C@H](C[C@@H](/C(C)=C/c3csc(SC)n3)OC(=O)CC(O[Si](CC)(CC)CC)C(C)(C)C(=O)[C@@H]1C)N2CC1CC1. The lowest BCUT2D eigenvalue weighted by atomic mass is 9.73. The van der Waals surface area contributed by atoms with E-state index in [1.165, 1.54) is 12.8 Å². The van der Waals surface area contributed by atoms with Crippen molar-refractivity contribution >= 4 is 57.6 Å². The van der Waals surface area contributed by atoms with Crippen molar-refractivity contribution < 1.29 is 23.2 Å². The van der Waals surface area contributed by atoms with Gasteiger partial charge in [0.05, 0.1) is 24.3 Å². The molecule has 308 valence electrons. The molecule has 0 spiro atoms. The van der Waals surface area contributed by atoms with Gasteiger partial charge in [0.1, 0.15) is 16.2 Å². The number of nitrogens with zero attached hydrogens (tertiary/aromatic N) is 2. The van der Waals surface area contributed by atoms with Crippen LogP contribution in [0.5, 0.6) is 0 Å². The number of cyclic esters (lactones) is 1. The highest BCUT2D eigenvalue weighted by molar-refractivity contribution is 8.00. The number of fused-ring (bicyclic) bond motifs is 1. The van der Waals surface area contributed by atoms with E-state index in [0.717, 1.165) is 90.0 Å². The van der Waals surface area contributed by atoms with Crippen LogP contribution in [0.25, 0.3) is 6.08 Å². The Balaban J connectivity index is 1.78. The maximum absolute atomic E-state index is 15.1. The molecule has 1 saturated carbocycles. The zero-order valence-electron chi connectivity index (χ0n) is 36.3. The lowest BCUT2D eigenvalue weighted by molar-refractivity contribution is -0.153. The molecule has 54 heavy (non-hydrogen) atoms. The Kier molecular flexibility index (Phi) is 16.4. The predicted molar refractivity (Wildman–Crippen MR) is 233 cm³/mol. The van der Waals surface area contributed by atoms with Gasteiger partial charge in [-0.3, -0.25) is 14.5 Å². The minimum absolute atomic E-state index is 0.0592. The van der Waals surface area contributed by atoms with Crippen LogP contribution in [0.15, 0.2) is 15.3 Å². The van der Waals surface area contributed by atoms with Crippen molar-refractivity contribution in [2.45, 2.75) is 199 Å². The van der Waals surface area contributed by atoms with Gasteiger partial charge in [-0.1, -0.05) is 87.4 Å². The van der Waals surface area contributed by atoms with Crippen molar-refractivity contribution in [3.63, 3.8) is 0 Å². The van der Waals surface area contributed by atoms with Gasteiger partial charge < -0.3 is 13.6 Å². The van der Waals surface area contributed by atoms with Gasteiger partial charge in [0.2, 0.25) is 0 Å². The zero-order valence-corrected chi connectivity index (χ0v) is 40.0. The van der Waals surface area contributed by atoms with Gasteiger partial charge in [-0.2, -0.15) is 0 Å². The van der Waals surface area contributed by atoms with Gasteiger partial charge in [-0.05, 0) is 106 Å². The number of thiazole rings is 1. The molecule has 0 amide bonds. The molecule has 3 heterocycles. The molecule has 3 fully saturated rings. The molecule has 11 heteroatoms. The normalized spacial score (nSPS) is 31.9. The van der Waals surface area contributed by atoms with Gasteiger partial charge in [0.15, 0.2) is 16.6 Å². The second-order valence-corrected chi connectivity index (χ2v) is 29.3. The molecule has 3 unspecified atom stereocenters. The predicted octanol–water partition coefficient (Wildman–Crippen LogP) is 11.6. The number of carbonyl (C=O) groups excluding carboxylic acids is 2. The smallest absolute Gasteiger partial charge is 0.309 e. The summed E-state index contributed by atoms with van der Waals surface area (Å²) in [5.74, 6) is 0.566. The van der Waals surface area contributed by atoms with Crippen LogP contribution >= 0.6 is 23.1 Å².